The summed E-state index contributed by atoms with van der Waals surface area (Å²) in [6.07, 6.45) is -2.80. The molecule has 3 rings (SSSR count). The van der Waals surface area contributed by atoms with E-state index >= 15 is 0 Å². The molecule has 2 aromatic carbocycles. The zero-order valence-electron chi connectivity index (χ0n) is 14.0. The minimum absolute atomic E-state index is 0.0805. The average Bonchev–Trinajstić information content (AvgIpc) is 2.96. The van der Waals surface area contributed by atoms with Crippen molar-refractivity contribution in [2.24, 2.45) is 0 Å². The van der Waals surface area contributed by atoms with Crippen molar-refractivity contribution in [1.82, 2.24) is 0 Å². The van der Waals surface area contributed by atoms with Crippen LogP contribution in [0.1, 0.15) is 17.5 Å². The zero-order valence-corrected chi connectivity index (χ0v) is 15.5. The molecule has 0 aliphatic carbocycles. The second-order valence-corrected chi connectivity index (χ2v) is 6.70. The van der Waals surface area contributed by atoms with Gasteiger partial charge in [0.2, 0.25) is 0 Å². The van der Waals surface area contributed by atoms with Crippen molar-refractivity contribution >= 4 is 23.2 Å². The highest BCUT2D eigenvalue weighted by molar-refractivity contribution is 6.30. The molecule has 0 bridgehead atoms. The van der Waals surface area contributed by atoms with Crippen LogP contribution in [0.2, 0.25) is 10.0 Å². The predicted octanol–water partition coefficient (Wildman–Crippen LogP) is 4.13. The van der Waals surface area contributed by atoms with E-state index in [4.69, 9.17) is 42.9 Å². The van der Waals surface area contributed by atoms with Crippen molar-refractivity contribution in [2.75, 3.05) is 6.61 Å². The molecule has 0 aromatic heterocycles. The average molecular weight is 403 g/mol. The molecule has 7 heteroatoms. The highest BCUT2D eigenvalue weighted by Gasteiger charge is 2.33. The molecular weight excluding hydrogens is 382 g/mol. The maximum atomic E-state index is 12.9. The fourth-order valence-electron chi connectivity index (χ4n) is 2.29. The van der Waals surface area contributed by atoms with Crippen LogP contribution in [-0.4, -0.2) is 35.4 Å². The third-order valence-corrected chi connectivity index (χ3v) is 4.21. The Hall–Kier alpha value is -1.21. The van der Waals surface area contributed by atoms with Crippen LogP contribution in [0.3, 0.4) is 0 Å². The van der Waals surface area contributed by atoms with Gasteiger partial charge in [-0.05, 0) is 35.4 Å². The van der Waals surface area contributed by atoms with E-state index in [1.807, 2.05) is 12.1 Å². The van der Waals surface area contributed by atoms with Crippen molar-refractivity contribution in [2.45, 2.75) is 38.2 Å². The van der Waals surface area contributed by atoms with Gasteiger partial charge in [0.05, 0.1) is 25.9 Å². The van der Waals surface area contributed by atoms with Gasteiger partial charge in [-0.1, -0.05) is 47.5 Å². The monoisotopic (exact) mass is 402 g/mol. The number of alkyl halides is 1. The third kappa shape index (κ3) is 7.19. The van der Waals surface area contributed by atoms with Crippen molar-refractivity contribution < 1.29 is 24.1 Å². The number of aliphatic hydroxyl groups excluding tert-OH is 2. The number of hydrogen-bond donors (Lipinski definition) is 2. The topological polar surface area (TPSA) is 58.9 Å². The summed E-state index contributed by atoms with van der Waals surface area (Å²) < 4.78 is 23.3. The van der Waals surface area contributed by atoms with Gasteiger partial charge in [0.15, 0.2) is 12.5 Å². The molecule has 0 saturated carbocycles. The molecule has 0 spiro atoms. The molecule has 2 aromatic rings. The normalized spacial score (nSPS) is 22.0. The Bertz CT molecular complexity index is 642. The maximum absolute atomic E-state index is 12.9. The molecule has 1 fully saturated rings. The highest BCUT2D eigenvalue weighted by atomic mass is 35.5. The number of halogens is 3. The summed E-state index contributed by atoms with van der Waals surface area (Å²) in [6.45, 7) is 0.779. The van der Waals surface area contributed by atoms with E-state index in [9.17, 15) is 4.39 Å². The first-order chi connectivity index (χ1) is 12.5. The summed E-state index contributed by atoms with van der Waals surface area (Å²) in [7, 11) is 0. The van der Waals surface area contributed by atoms with Crippen molar-refractivity contribution in [1.29, 1.82) is 0 Å². The summed E-state index contributed by atoms with van der Waals surface area (Å²) >= 11 is 11.3. The second-order valence-electron chi connectivity index (χ2n) is 5.83. The molecule has 26 heavy (non-hydrogen) atoms. The Kier molecular flexibility index (Phi) is 8.78. The van der Waals surface area contributed by atoms with Crippen LogP contribution in [-0.2, 0) is 22.7 Å². The number of hydrogen-bond acceptors (Lipinski definition) is 4. The minimum Gasteiger partial charge on any atom is -0.392 e. The fourth-order valence-corrected chi connectivity index (χ4v) is 2.54. The van der Waals surface area contributed by atoms with Crippen LogP contribution in [0.25, 0.3) is 0 Å². The smallest absolute Gasteiger partial charge is 0.186 e. The molecular formula is C19H21Cl2FO4. The maximum Gasteiger partial charge on any atom is 0.186 e. The van der Waals surface area contributed by atoms with E-state index in [-0.39, 0.29) is 25.7 Å². The van der Waals surface area contributed by atoms with E-state index in [2.05, 4.69) is 0 Å². The van der Waals surface area contributed by atoms with E-state index < -0.39 is 12.5 Å². The molecule has 3 atom stereocenters. The van der Waals surface area contributed by atoms with Gasteiger partial charge in [-0.2, -0.15) is 0 Å². The molecule has 1 saturated heterocycles. The summed E-state index contributed by atoms with van der Waals surface area (Å²) in [5.41, 5.74) is 1.88. The molecule has 142 valence electrons. The van der Waals surface area contributed by atoms with E-state index in [1.54, 1.807) is 36.4 Å². The quantitative estimate of drug-likeness (QED) is 0.788. The van der Waals surface area contributed by atoms with Gasteiger partial charge in [-0.15, -0.1) is 0 Å². The number of benzene rings is 2. The van der Waals surface area contributed by atoms with Crippen molar-refractivity contribution in [3.8, 4) is 0 Å². The Labute approximate surface area is 162 Å². The van der Waals surface area contributed by atoms with Crippen LogP contribution < -0.4 is 0 Å². The van der Waals surface area contributed by atoms with Gasteiger partial charge < -0.3 is 19.7 Å². The number of rotatable bonds is 5. The lowest BCUT2D eigenvalue weighted by Gasteiger charge is -2.10. The Morgan fingerprint density at radius 3 is 2.00 bits per heavy atom. The van der Waals surface area contributed by atoms with Crippen LogP contribution in [0.15, 0.2) is 48.5 Å². The first-order valence-electron chi connectivity index (χ1n) is 8.13. The lowest BCUT2D eigenvalue weighted by Crippen LogP contribution is -2.17. The van der Waals surface area contributed by atoms with E-state index in [0.29, 0.717) is 16.7 Å². The molecule has 1 aliphatic heterocycles. The summed E-state index contributed by atoms with van der Waals surface area (Å²) in [6, 6.07) is 14.4. The first-order valence-corrected chi connectivity index (χ1v) is 8.88. The van der Waals surface area contributed by atoms with Crippen LogP contribution in [0, 0.1) is 0 Å². The van der Waals surface area contributed by atoms with E-state index in [0.717, 1.165) is 11.1 Å². The third-order valence-electron chi connectivity index (χ3n) is 3.71. The highest BCUT2D eigenvalue weighted by Crippen LogP contribution is 2.22. The Morgan fingerprint density at radius 2 is 1.54 bits per heavy atom. The standard InChI is InChI=1S/C12H14ClFO3.C7H7ClO/c13-9-3-1-8(2-4-9)6-16-7-10-5-11(14)12(15)17-10;8-7-3-1-6(5-9)2-4-7/h1-4,10-12,15H,5-7H2;1-4,9H,5H2. The van der Waals surface area contributed by atoms with Gasteiger partial charge >= 0.3 is 0 Å². The molecule has 0 amide bonds. The second kappa shape index (κ2) is 10.8. The van der Waals surface area contributed by atoms with Crippen LogP contribution in [0.5, 0.6) is 0 Å². The Morgan fingerprint density at radius 1 is 1.00 bits per heavy atom. The summed E-state index contributed by atoms with van der Waals surface area (Å²) in [4.78, 5) is 0. The number of ether oxygens (including phenoxy) is 2. The van der Waals surface area contributed by atoms with Gasteiger partial charge in [0, 0.05) is 16.5 Å². The van der Waals surface area contributed by atoms with Crippen molar-refractivity contribution in [3.63, 3.8) is 0 Å². The SMILES string of the molecule is OC1OC(COCc2ccc(Cl)cc2)CC1F.OCc1ccc(Cl)cc1. The Balaban J connectivity index is 0.000000228. The summed E-state index contributed by atoms with van der Waals surface area (Å²) in [5.74, 6) is 0. The van der Waals surface area contributed by atoms with Gasteiger partial charge in [0.1, 0.15) is 0 Å². The summed E-state index contributed by atoms with van der Waals surface area (Å²) in [5, 5.41) is 19.0. The first kappa shape index (κ1) is 21.1. The lowest BCUT2D eigenvalue weighted by molar-refractivity contribution is -0.126. The van der Waals surface area contributed by atoms with Crippen molar-refractivity contribution in [3.05, 3.63) is 69.7 Å². The molecule has 1 aliphatic rings. The molecule has 2 N–H and O–H groups in total. The molecule has 1 heterocycles. The predicted molar refractivity (Wildman–Crippen MR) is 98.9 cm³/mol. The molecule has 0 radical (unpaired) electrons. The zero-order chi connectivity index (χ0) is 18.9. The largest absolute Gasteiger partial charge is 0.392 e. The molecule has 3 unspecified atom stereocenters. The van der Waals surface area contributed by atoms with Gasteiger partial charge in [-0.25, -0.2) is 4.39 Å². The lowest BCUT2D eigenvalue weighted by atomic mass is 10.2. The van der Waals surface area contributed by atoms with Crippen LogP contribution in [0.4, 0.5) is 4.39 Å². The minimum atomic E-state index is -1.31. The van der Waals surface area contributed by atoms with Gasteiger partial charge in [-0.3, -0.25) is 0 Å². The van der Waals surface area contributed by atoms with Gasteiger partial charge in [0.25, 0.3) is 0 Å². The molecule has 4 nitrogen and oxygen atoms in total. The fraction of sp³-hybridized carbons (Fsp3) is 0.368. The number of aliphatic hydroxyl groups is 2. The van der Waals surface area contributed by atoms with Crippen LogP contribution >= 0.6 is 23.2 Å². The van der Waals surface area contributed by atoms with E-state index in [1.165, 1.54) is 0 Å².